The summed E-state index contributed by atoms with van der Waals surface area (Å²) in [5, 5.41) is 1.93. The van der Waals surface area contributed by atoms with E-state index in [1.54, 1.807) is 30.5 Å². The summed E-state index contributed by atoms with van der Waals surface area (Å²) in [5.41, 5.74) is 3.22. The molecule has 5 rings (SSSR count). The number of hydrogen-bond donors (Lipinski definition) is 2. The van der Waals surface area contributed by atoms with Crippen molar-refractivity contribution in [2.45, 2.75) is 23.7 Å². The van der Waals surface area contributed by atoms with E-state index in [-0.39, 0.29) is 10.9 Å². The normalized spacial score (nSPS) is 15.6. The van der Waals surface area contributed by atoms with E-state index in [0.717, 1.165) is 42.2 Å². The molecule has 0 saturated carbocycles. The lowest BCUT2D eigenvalue weighted by Gasteiger charge is -2.32. The number of methoxy groups -OCH3 is 1. The van der Waals surface area contributed by atoms with Crippen LogP contribution >= 0.6 is 0 Å². The number of rotatable bonds is 7. The summed E-state index contributed by atoms with van der Waals surface area (Å²) in [6.07, 6.45) is 5.63. The minimum atomic E-state index is -3.65. The number of piperidine rings is 1. The number of esters is 1. The monoisotopic (exact) mass is 492 g/mol. The van der Waals surface area contributed by atoms with Crippen molar-refractivity contribution in [3.63, 3.8) is 0 Å². The molecule has 35 heavy (non-hydrogen) atoms. The standard InChI is InChI=1S/C26H28N4O4S/c1-34-26(31)20-7-8-21-22(17-28-23(21)16-20)18-9-13-30(14-10-18)15-12-29-35(32,33)24-6-2-4-19-5-3-11-27-25(19)24/h2-8,11,16-18,28-29H,9-10,12-15H2,1H3. The van der Waals surface area contributed by atoms with Gasteiger partial charge in [-0.25, -0.2) is 17.9 Å². The zero-order valence-electron chi connectivity index (χ0n) is 19.5. The summed E-state index contributed by atoms with van der Waals surface area (Å²) < 4.78 is 33.4. The maximum Gasteiger partial charge on any atom is 0.337 e. The number of para-hydroxylation sites is 1. The molecule has 1 aliphatic rings. The minimum Gasteiger partial charge on any atom is -0.465 e. The van der Waals surface area contributed by atoms with E-state index in [9.17, 15) is 13.2 Å². The molecule has 0 unspecified atom stereocenters. The Morgan fingerprint density at radius 1 is 1.17 bits per heavy atom. The second-order valence-electron chi connectivity index (χ2n) is 8.84. The lowest BCUT2D eigenvalue weighted by atomic mass is 9.89. The molecule has 2 aromatic heterocycles. The predicted octanol–water partition coefficient (Wildman–Crippen LogP) is 3.66. The van der Waals surface area contributed by atoms with Crippen LogP contribution in [0.3, 0.4) is 0 Å². The van der Waals surface area contributed by atoms with Crippen LogP contribution in [0.25, 0.3) is 21.8 Å². The van der Waals surface area contributed by atoms with E-state index in [4.69, 9.17) is 4.74 Å². The first-order chi connectivity index (χ1) is 17.0. The predicted molar refractivity (Wildman–Crippen MR) is 135 cm³/mol. The average molecular weight is 493 g/mol. The number of hydrogen-bond acceptors (Lipinski definition) is 6. The minimum absolute atomic E-state index is 0.212. The van der Waals surface area contributed by atoms with Gasteiger partial charge in [-0.15, -0.1) is 0 Å². The number of carbonyl (C=O) groups is 1. The molecular formula is C26H28N4O4S. The van der Waals surface area contributed by atoms with Gasteiger partial charge in [-0.2, -0.15) is 0 Å². The van der Waals surface area contributed by atoms with Gasteiger partial charge in [0.2, 0.25) is 10.0 Å². The first-order valence-electron chi connectivity index (χ1n) is 11.7. The molecule has 0 bridgehead atoms. The van der Waals surface area contributed by atoms with Crippen molar-refractivity contribution < 1.29 is 17.9 Å². The molecule has 1 saturated heterocycles. The zero-order chi connectivity index (χ0) is 24.4. The third-order valence-electron chi connectivity index (χ3n) is 6.77. The smallest absolute Gasteiger partial charge is 0.337 e. The van der Waals surface area contributed by atoms with E-state index in [0.29, 0.717) is 30.1 Å². The first kappa shape index (κ1) is 23.5. The Labute approximate surface area is 204 Å². The number of carbonyl (C=O) groups excluding carboxylic acids is 1. The highest BCUT2D eigenvalue weighted by molar-refractivity contribution is 7.89. The summed E-state index contributed by atoms with van der Waals surface area (Å²) in [6.45, 7) is 2.80. The van der Waals surface area contributed by atoms with Gasteiger partial charge in [0.05, 0.1) is 18.2 Å². The molecule has 0 atom stereocenters. The summed E-state index contributed by atoms with van der Waals surface area (Å²) >= 11 is 0. The summed E-state index contributed by atoms with van der Waals surface area (Å²) in [4.78, 5) is 21.9. The van der Waals surface area contributed by atoms with Gasteiger partial charge < -0.3 is 14.6 Å². The van der Waals surface area contributed by atoms with Crippen molar-refractivity contribution in [1.29, 1.82) is 0 Å². The van der Waals surface area contributed by atoms with Crippen molar-refractivity contribution in [2.75, 3.05) is 33.3 Å². The van der Waals surface area contributed by atoms with Crippen LogP contribution in [0.1, 0.15) is 34.7 Å². The highest BCUT2D eigenvalue weighted by Gasteiger charge is 2.24. The number of nitrogens with zero attached hydrogens (tertiary/aromatic N) is 2. The van der Waals surface area contributed by atoms with Gasteiger partial charge in [-0.3, -0.25) is 4.98 Å². The fourth-order valence-electron chi connectivity index (χ4n) is 4.91. The van der Waals surface area contributed by atoms with Crippen LogP contribution in [0.2, 0.25) is 0 Å². The van der Waals surface area contributed by atoms with Gasteiger partial charge in [-0.1, -0.05) is 24.3 Å². The fraction of sp³-hybridized carbons (Fsp3) is 0.308. The number of pyridine rings is 1. The number of H-pyrrole nitrogens is 1. The second kappa shape index (κ2) is 9.77. The van der Waals surface area contributed by atoms with Crippen molar-refractivity contribution >= 4 is 37.8 Å². The van der Waals surface area contributed by atoms with Crippen molar-refractivity contribution in [3.8, 4) is 0 Å². The lowest BCUT2D eigenvalue weighted by molar-refractivity contribution is 0.0601. The molecule has 8 nitrogen and oxygen atoms in total. The van der Waals surface area contributed by atoms with Crippen LogP contribution in [0.4, 0.5) is 0 Å². The molecule has 1 aliphatic heterocycles. The number of aromatic amines is 1. The molecule has 2 N–H and O–H groups in total. The van der Waals surface area contributed by atoms with E-state index in [2.05, 4.69) is 19.6 Å². The maximum atomic E-state index is 12.9. The van der Waals surface area contributed by atoms with Gasteiger partial charge in [0.1, 0.15) is 4.90 Å². The lowest BCUT2D eigenvalue weighted by Crippen LogP contribution is -2.39. The maximum absolute atomic E-state index is 12.9. The number of sulfonamides is 1. The van der Waals surface area contributed by atoms with Gasteiger partial charge >= 0.3 is 5.97 Å². The number of likely N-dealkylation sites (tertiary alicyclic amines) is 1. The molecule has 0 spiro atoms. The second-order valence-corrected chi connectivity index (χ2v) is 10.6. The van der Waals surface area contributed by atoms with Crippen LogP contribution in [0.15, 0.2) is 65.8 Å². The fourth-order valence-corrected chi connectivity index (χ4v) is 6.11. The van der Waals surface area contributed by atoms with Crippen LogP contribution in [0.5, 0.6) is 0 Å². The Morgan fingerprint density at radius 3 is 2.77 bits per heavy atom. The number of aromatic nitrogens is 2. The molecule has 0 amide bonds. The Bertz CT molecular complexity index is 1470. The Balaban J connectivity index is 1.18. The van der Waals surface area contributed by atoms with Crippen molar-refractivity contribution in [3.05, 3.63) is 72.1 Å². The zero-order valence-corrected chi connectivity index (χ0v) is 20.3. The Morgan fingerprint density at radius 2 is 1.97 bits per heavy atom. The van der Waals surface area contributed by atoms with Crippen molar-refractivity contribution in [2.24, 2.45) is 0 Å². The third-order valence-corrected chi connectivity index (χ3v) is 8.26. The average Bonchev–Trinajstić information content (AvgIpc) is 3.31. The Kier molecular flexibility index (Phi) is 6.55. The first-order valence-corrected chi connectivity index (χ1v) is 13.2. The van der Waals surface area contributed by atoms with Gasteiger partial charge in [-0.05, 0) is 61.7 Å². The number of fused-ring (bicyclic) bond motifs is 2. The largest absolute Gasteiger partial charge is 0.465 e. The van der Waals surface area contributed by atoms with Gasteiger partial charge in [0, 0.05) is 41.8 Å². The molecule has 0 radical (unpaired) electrons. The molecule has 0 aliphatic carbocycles. The summed E-state index contributed by atoms with van der Waals surface area (Å²) in [7, 11) is -2.26. The van der Waals surface area contributed by atoms with Crippen LogP contribution in [-0.4, -0.2) is 62.5 Å². The highest BCUT2D eigenvalue weighted by Crippen LogP contribution is 2.33. The molecule has 182 valence electrons. The van der Waals surface area contributed by atoms with Gasteiger partial charge in [0.25, 0.3) is 0 Å². The number of ether oxygens (including phenoxy) is 1. The molecule has 3 heterocycles. The van der Waals surface area contributed by atoms with Crippen LogP contribution in [0, 0.1) is 0 Å². The SMILES string of the molecule is COC(=O)c1ccc2c(C3CCN(CCNS(=O)(=O)c4cccc5cccnc45)CC3)c[nH]c2c1. The quantitative estimate of drug-likeness (QED) is 0.382. The van der Waals surface area contributed by atoms with E-state index in [1.807, 2.05) is 30.5 Å². The van der Waals surface area contributed by atoms with Crippen LogP contribution < -0.4 is 4.72 Å². The van der Waals surface area contributed by atoms with Gasteiger partial charge in [0.15, 0.2) is 0 Å². The molecule has 9 heteroatoms. The van der Waals surface area contributed by atoms with E-state index >= 15 is 0 Å². The van der Waals surface area contributed by atoms with E-state index in [1.165, 1.54) is 12.7 Å². The Hall–Kier alpha value is -3.27. The highest BCUT2D eigenvalue weighted by atomic mass is 32.2. The molecule has 4 aromatic rings. The van der Waals surface area contributed by atoms with Crippen LogP contribution in [-0.2, 0) is 14.8 Å². The third kappa shape index (κ3) is 4.80. The molecular weight excluding hydrogens is 464 g/mol. The molecule has 1 fully saturated rings. The topological polar surface area (TPSA) is 104 Å². The van der Waals surface area contributed by atoms with Crippen molar-refractivity contribution in [1.82, 2.24) is 19.6 Å². The summed E-state index contributed by atoms with van der Waals surface area (Å²) in [6, 6.07) is 14.5. The summed E-state index contributed by atoms with van der Waals surface area (Å²) in [5.74, 6) is 0.0751. The number of nitrogens with one attached hydrogen (secondary N) is 2. The molecule has 2 aromatic carbocycles. The van der Waals surface area contributed by atoms with E-state index < -0.39 is 10.0 Å². The number of benzene rings is 2.